The Morgan fingerprint density at radius 3 is 1.42 bits per heavy atom. The highest BCUT2D eigenvalue weighted by molar-refractivity contribution is 6.14. The molecule has 11 rings (SSSR count). The van der Waals surface area contributed by atoms with Crippen LogP contribution in [-0.2, 0) is 5.41 Å². The topological polar surface area (TPSA) is 3.24 Å². The van der Waals surface area contributed by atoms with Gasteiger partial charge in [0.15, 0.2) is 0 Å². The second kappa shape index (κ2) is 14.4. The molecule has 0 radical (unpaired) electrons. The summed E-state index contributed by atoms with van der Waals surface area (Å²) in [4.78, 5) is 2.39. The fourth-order valence-corrected chi connectivity index (χ4v) is 9.76. The number of hydrogen-bond donors (Lipinski definition) is 0. The molecule has 0 aromatic heterocycles. The lowest BCUT2D eigenvalue weighted by Gasteiger charge is -2.27. The summed E-state index contributed by atoms with van der Waals surface area (Å²) in [7, 11) is 0. The van der Waals surface area contributed by atoms with Gasteiger partial charge in [0.25, 0.3) is 0 Å². The fourth-order valence-electron chi connectivity index (χ4n) is 9.76. The van der Waals surface area contributed by atoms with Crippen molar-refractivity contribution < 1.29 is 0 Å². The van der Waals surface area contributed by atoms with Crippen LogP contribution in [0.5, 0.6) is 0 Å². The number of benzene rings is 10. The molecular weight excluding hydrogens is 723 g/mol. The number of fused-ring (bicyclic) bond motifs is 6. The van der Waals surface area contributed by atoms with E-state index in [0.29, 0.717) is 0 Å². The summed E-state index contributed by atoms with van der Waals surface area (Å²) in [5.41, 5.74) is 18.4. The van der Waals surface area contributed by atoms with Crippen molar-refractivity contribution in [2.24, 2.45) is 0 Å². The Labute approximate surface area is 352 Å². The van der Waals surface area contributed by atoms with Crippen LogP contribution in [0.2, 0.25) is 0 Å². The van der Waals surface area contributed by atoms with E-state index in [0.717, 1.165) is 17.1 Å². The van der Waals surface area contributed by atoms with Crippen molar-refractivity contribution in [1.29, 1.82) is 0 Å². The Morgan fingerprint density at radius 1 is 0.317 bits per heavy atom. The first-order valence-electron chi connectivity index (χ1n) is 20.9. The zero-order valence-electron chi connectivity index (χ0n) is 33.8. The van der Waals surface area contributed by atoms with Crippen LogP contribution in [0.15, 0.2) is 224 Å². The Kier molecular flexibility index (Phi) is 8.57. The minimum atomic E-state index is -0.172. The maximum Gasteiger partial charge on any atom is 0.0468 e. The van der Waals surface area contributed by atoms with Crippen LogP contribution in [0.4, 0.5) is 17.1 Å². The van der Waals surface area contributed by atoms with E-state index in [1.54, 1.807) is 0 Å². The van der Waals surface area contributed by atoms with Gasteiger partial charge in [0, 0.05) is 22.5 Å². The summed E-state index contributed by atoms with van der Waals surface area (Å²) in [6, 6.07) is 82.3. The van der Waals surface area contributed by atoms with Gasteiger partial charge in [-0.1, -0.05) is 202 Å². The Morgan fingerprint density at radius 2 is 0.767 bits per heavy atom. The monoisotopic (exact) mass is 765 g/mol. The SMILES string of the molecule is CC1(C)c2ccccc2-c2c(-c3ccc(N(c4ccc(-c5ccccc5)cc4)c4ccc5ccccc5c4)cc3)c(-c3ccc(-c4ccccc4)cc3)c3ccccc3c21. The van der Waals surface area contributed by atoms with E-state index in [4.69, 9.17) is 0 Å². The normalized spacial score (nSPS) is 12.6. The summed E-state index contributed by atoms with van der Waals surface area (Å²) in [5.74, 6) is 0. The summed E-state index contributed by atoms with van der Waals surface area (Å²) < 4.78 is 0. The van der Waals surface area contributed by atoms with Gasteiger partial charge in [0.1, 0.15) is 0 Å². The molecule has 10 aromatic rings. The third-order valence-corrected chi connectivity index (χ3v) is 12.6. The molecular formula is C59H43N. The molecule has 0 unspecified atom stereocenters. The van der Waals surface area contributed by atoms with Crippen molar-refractivity contribution in [2.75, 3.05) is 4.90 Å². The van der Waals surface area contributed by atoms with Crippen molar-refractivity contribution in [2.45, 2.75) is 19.3 Å². The smallest absolute Gasteiger partial charge is 0.0468 e. The van der Waals surface area contributed by atoms with Crippen LogP contribution in [0.25, 0.3) is 77.2 Å². The van der Waals surface area contributed by atoms with Crippen LogP contribution in [0.1, 0.15) is 25.0 Å². The van der Waals surface area contributed by atoms with Crippen LogP contribution in [-0.4, -0.2) is 0 Å². The molecule has 0 bridgehead atoms. The van der Waals surface area contributed by atoms with Crippen molar-refractivity contribution in [1.82, 2.24) is 0 Å². The minimum Gasteiger partial charge on any atom is -0.310 e. The van der Waals surface area contributed by atoms with E-state index in [-0.39, 0.29) is 5.41 Å². The average Bonchev–Trinajstić information content (AvgIpc) is 3.56. The summed E-state index contributed by atoms with van der Waals surface area (Å²) in [5, 5.41) is 5.04. The number of rotatable bonds is 7. The minimum absolute atomic E-state index is 0.172. The molecule has 60 heavy (non-hydrogen) atoms. The first kappa shape index (κ1) is 35.7. The molecule has 1 nitrogen and oxygen atoms in total. The fraction of sp³-hybridized carbons (Fsp3) is 0.0508. The van der Waals surface area contributed by atoms with Crippen molar-refractivity contribution in [3.63, 3.8) is 0 Å². The number of hydrogen-bond acceptors (Lipinski definition) is 1. The van der Waals surface area contributed by atoms with Crippen LogP contribution in [0, 0.1) is 0 Å². The van der Waals surface area contributed by atoms with E-state index in [1.807, 2.05) is 0 Å². The molecule has 10 aromatic carbocycles. The molecule has 1 heteroatoms. The van der Waals surface area contributed by atoms with E-state index < -0.39 is 0 Å². The lowest BCUT2D eigenvalue weighted by atomic mass is 9.77. The van der Waals surface area contributed by atoms with Gasteiger partial charge in [0.2, 0.25) is 0 Å². The molecule has 0 amide bonds. The molecule has 0 saturated heterocycles. The molecule has 0 fully saturated rings. The summed E-state index contributed by atoms with van der Waals surface area (Å²) in [6.45, 7) is 4.80. The predicted molar refractivity (Wildman–Crippen MR) is 255 cm³/mol. The van der Waals surface area contributed by atoms with Crippen molar-refractivity contribution >= 4 is 38.6 Å². The van der Waals surface area contributed by atoms with Crippen LogP contribution >= 0.6 is 0 Å². The van der Waals surface area contributed by atoms with Gasteiger partial charge in [-0.05, 0) is 125 Å². The molecule has 1 aliphatic carbocycles. The van der Waals surface area contributed by atoms with Gasteiger partial charge in [-0.3, -0.25) is 0 Å². The zero-order valence-corrected chi connectivity index (χ0v) is 33.8. The molecule has 0 saturated carbocycles. The summed E-state index contributed by atoms with van der Waals surface area (Å²) in [6.07, 6.45) is 0. The van der Waals surface area contributed by atoms with Gasteiger partial charge < -0.3 is 4.90 Å². The lowest BCUT2D eigenvalue weighted by molar-refractivity contribution is 0.666. The molecule has 0 spiro atoms. The molecule has 0 atom stereocenters. The van der Waals surface area contributed by atoms with Gasteiger partial charge >= 0.3 is 0 Å². The quantitative estimate of drug-likeness (QED) is 0.156. The van der Waals surface area contributed by atoms with Crippen molar-refractivity contribution in [3.8, 4) is 55.6 Å². The van der Waals surface area contributed by atoms with Gasteiger partial charge in [-0.15, -0.1) is 0 Å². The predicted octanol–water partition coefficient (Wildman–Crippen LogP) is 16.4. The van der Waals surface area contributed by atoms with E-state index in [1.165, 1.54) is 88.3 Å². The third kappa shape index (κ3) is 5.93. The van der Waals surface area contributed by atoms with Gasteiger partial charge in [-0.25, -0.2) is 0 Å². The molecule has 1 aliphatic rings. The van der Waals surface area contributed by atoms with Gasteiger partial charge in [0.05, 0.1) is 0 Å². The molecule has 0 heterocycles. The van der Waals surface area contributed by atoms with Crippen LogP contribution < -0.4 is 4.90 Å². The number of anilines is 3. The average molecular weight is 766 g/mol. The maximum atomic E-state index is 2.40. The Hall–Kier alpha value is -7.48. The first-order chi connectivity index (χ1) is 29.5. The standard InChI is InChI=1S/C59H43N/c1-59(2)54-24-14-13-23-53(54)57-56(55(51-21-11-12-22-52(51)58(57)59)45-27-25-43(26-28-45)40-15-5-3-6-16-40)46-32-36-49(37-33-46)60(50-38-31-42-19-9-10-20-47(42)39-50)48-34-29-44(30-35-48)41-17-7-4-8-18-41/h3-39H,1-2H3. The second-order valence-corrected chi connectivity index (χ2v) is 16.5. The lowest BCUT2D eigenvalue weighted by Crippen LogP contribution is -2.15. The first-order valence-corrected chi connectivity index (χ1v) is 20.9. The third-order valence-electron chi connectivity index (χ3n) is 12.6. The van der Waals surface area contributed by atoms with Gasteiger partial charge in [-0.2, -0.15) is 0 Å². The molecule has 284 valence electrons. The van der Waals surface area contributed by atoms with Crippen LogP contribution in [0.3, 0.4) is 0 Å². The zero-order chi connectivity index (χ0) is 40.2. The Bertz CT molecular complexity index is 3180. The highest BCUT2D eigenvalue weighted by atomic mass is 15.1. The summed E-state index contributed by atoms with van der Waals surface area (Å²) >= 11 is 0. The highest BCUT2D eigenvalue weighted by Gasteiger charge is 2.40. The van der Waals surface area contributed by atoms with Crippen molar-refractivity contribution in [3.05, 3.63) is 236 Å². The second-order valence-electron chi connectivity index (χ2n) is 16.5. The highest BCUT2D eigenvalue weighted by Crippen LogP contribution is 2.58. The molecule has 0 aliphatic heterocycles. The molecule has 0 N–H and O–H groups in total. The Balaban J connectivity index is 1.12. The van der Waals surface area contributed by atoms with E-state index in [2.05, 4.69) is 243 Å². The van der Waals surface area contributed by atoms with E-state index in [9.17, 15) is 0 Å². The number of nitrogens with zero attached hydrogens (tertiary/aromatic N) is 1. The van der Waals surface area contributed by atoms with E-state index >= 15 is 0 Å². The maximum absolute atomic E-state index is 2.40. The largest absolute Gasteiger partial charge is 0.310 e.